The summed E-state index contributed by atoms with van der Waals surface area (Å²) in [6, 6.07) is 6.63. The Labute approximate surface area is 134 Å². The van der Waals surface area contributed by atoms with Gasteiger partial charge in [-0.15, -0.1) is 0 Å². The van der Waals surface area contributed by atoms with E-state index < -0.39 is 5.91 Å². The van der Waals surface area contributed by atoms with Crippen molar-refractivity contribution in [3.63, 3.8) is 0 Å². The molecule has 2 rings (SSSR count). The van der Waals surface area contributed by atoms with E-state index in [0.29, 0.717) is 11.3 Å². The minimum absolute atomic E-state index is 0.174. The van der Waals surface area contributed by atoms with Gasteiger partial charge >= 0.3 is 0 Å². The molecular formula is C17H20N2O4. The summed E-state index contributed by atoms with van der Waals surface area (Å²) in [7, 11) is 3.35. The van der Waals surface area contributed by atoms with Crippen LogP contribution in [0.4, 0.5) is 0 Å². The highest BCUT2D eigenvalue weighted by Crippen LogP contribution is 2.31. The number of methoxy groups -OCH3 is 1. The van der Waals surface area contributed by atoms with Crippen molar-refractivity contribution in [3.05, 3.63) is 46.8 Å². The third-order valence-electron chi connectivity index (χ3n) is 3.89. The zero-order chi connectivity index (χ0) is 17.1. The topological polar surface area (TPSA) is 83.6 Å². The van der Waals surface area contributed by atoms with Crippen molar-refractivity contribution in [2.75, 3.05) is 13.7 Å². The van der Waals surface area contributed by atoms with E-state index >= 15 is 0 Å². The summed E-state index contributed by atoms with van der Waals surface area (Å²) < 4.78 is 12.7. The summed E-state index contributed by atoms with van der Waals surface area (Å²) in [5.41, 5.74) is 7.97. The fourth-order valence-electron chi connectivity index (χ4n) is 2.37. The molecule has 1 amide bonds. The number of nitrogens with two attached hydrogens (primary N) is 1. The molecule has 0 bridgehead atoms. The van der Waals surface area contributed by atoms with E-state index in [0.717, 1.165) is 11.4 Å². The molecule has 1 aromatic heterocycles. The number of carbonyl (C=O) groups excluding carboxylic acids is 2. The number of nitrogens with zero attached hydrogens (tertiary/aromatic N) is 1. The number of para-hydroxylation sites is 1. The maximum atomic E-state index is 12.4. The van der Waals surface area contributed by atoms with Crippen LogP contribution in [-0.2, 0) is 7.05 Å². The van der Waals surface area contributed by atoms with E-state index in [4.69, 9.17) is 15.2 Å². The Balaban J connectivity index is 2.25. The lowest BCUT2D eigenvalue weighted by molar-refractivity contribution is 0.0909. The maximum absolute atomic E-state index is 12.4. The molecule has 0 aliphatic rings. The summed E-state index contributed by atoms with van der Waals surface area (Å²) in [6.07, 6.45) is 0. The molecule has 2 aromatic rings. The Morgan fingerprint density at radius 2 is 1.91 bits per heavy atom. The van der Waals surface area contributed by atoms with Crippen molar-refractivity contribution in [1.82, 2.24) is 4.57 Å². The molecule has 23 heavy (non-hydrogen) atoms. The second-order valence-corrected chi connectivity index (χ2v) is 5.26. The Kier molecular flexibility index (Phi) is 4.74. The first-order valence-electron chi connectivity index (χ1n) is 7.12. The number of ketones is 1. The molecule has 0 atom stereocenters. The number of aryl methyl sites for hydroxylation is 1. The van der Waals surface area contributed by atoms with Crippen LogP contribution >= 0.6 is 0 Å². The van der Waals surface area contributed by atoms with Crippen molar-refractivity contribution in [1.29, 1.82) is 0 Å². The van der Waals surface area contributed by atoms with Crippen LogP contribution in [0.3, 0.4) is 0 Å². The van der Waals surface area contributed by atoms with Crippen LogP contribution < -0.4 is 15.2 Å². The average molecular weight is 316 g/mol. The Bertz CT molecular complexity index is 762. The number of benzene rings is 1. The van der Waals surface area contributed by atoms with Crippen LogP contribution in [0.1, 0.15) is 32.1 Å². The number of aromatic nitrogens is 1. The van der Waals surface area contributed by atoms with Crippen LogP contribution in [0.15, 0.2) is 24.3 Å². The van der Waals surface area contributed by atoms with Crippen LogP contribution in [-0.4, -0.2) is 30.0 Å². The molecule has 0 fully saturated rings. The monoisotopic (exact) mass is 316 g/mol. The smallest absolute Gasteiger partial charge is 0.252 e. The third-order valence-corrected chi connectivity index (χ3v) is 3.89. The number of hydrogen-bond acceptors (Lipinski definition) is 4. The predicted molar refractivity (Wildman–Crippen MR) is 86.2 cm³/mol. The van der Waals surface area contributed by atoms with Gasteiger partial charge < -0.3 is 19.8 Å². The maximum Gasteiger partial charge on any atom is 0.252 e. The zero-order valence-electron chi connectivity index (χ0n) is 13.7. The van der Waals surface area contributed by atoms with Gasteiger partial charge in [0, 0.05) is 24.0 Å². The Morgan fingerprint density at radius 3 is 2.43 bits per heavy atom. The minimum atomic E-state index is -0.641. The molecule has 0 unspecified atom stereocenters. The van der Waals surface area contributed by atoms with E-state index in [1.54, 1.807) is 12.1 Å². The van der Waals surface area contributed by atoms with Crippen LogP contribution in [0.5, 0.6) is 11.5 Å². The molecule has 0 aliphatic carbocycles. The molecule has 1 aromatic carbocycles. The molecule has 0 saturated carbocycles. The molecule has 0 spiro atoms. The number of carbonyl (C=O) groups is 2. The molecular weight excluding hydrogens is 296 g/mol. The van der Waals surface area contributed by atoms with E-state index in [1.807, 2.05) is 31.5 Å². The Morgan fingerprint density at radius 1 is 1.22 bits per heavy atom. The molecule has 2 N–H and O–H groups in total. The number of ether oxygens (including phenoxy) is 2. The highest BCUT2D eigenvalue weighted by atomic mass is 16.5. The zero-order valence-corrected chi connectivity index (χ0v) is 13.7. The van der Waals surface area contributed by atoms with Gasteiger partial charge in [-0.3, -0.25) is 9.59 Å². The highest BCUT2D eigenvalue weighted by Gasteiger charge is 2.19. The van der Waals surface area contributed by atoms with Gasteiger partial charge in [-0.25, -0.2) is 0 Å². The van der Waals surface area contributed by atoms with Crippen molar-refractivity contribution in [3.8, 4) is 11.5 Å². The summed E-state index contributed by atoms with van der Waals surface area (Å²) in [5.74, 6) is -0.276. The van der Waals surface area contributed by atoms with E-state index in [9.17, 15) is 9.59 Å². The minimum Gasteiger partial charge on any atom is -0.493 e. The van der Waals surface area contributed by atoms with Gasteiger partial charge in [-0.2, -0.15) is 0 Å². The summed E-state index contributed by atoms with van der Waals surface area (Å²) in [6.45, 7) is 3.60. The summed E-state index contributed by atoms with van der Waals surface area (Å²) in [5, 5.41) is 0. The van der Waals surface area contributed by atoms with E-state index in [1.165, 1.54) is 13.2 Å². The van der Waals surface area contributed by atoms with Crippen LogP contribution in [0.25, 0.3) is 0 Å². The third kappa shape index (κ3) is 3.21. The average Bonchev–Trinajstić information content (AvgIpc) is 2.79. The van der Waals surface area contributed by atoms with Crippen molar-refractivity contribution in [2.24, 2.45) is 12.8 Å². The number of primary amides is 1. The quantitative estimate of drug-likeness (QED) is 0.826. The molecule has 0 aliphatic heterocycles. The number of amides is 1. The van der Waals surface area contributed by atoms with Gasteiger partial charge in [0.2, 0.25) is 5.78 Å². The lowest BCUT2D eigenvalue weighted by atomic mass is 10.1. The van der Waals surface area contributed by atoms with Gasteiger partial charge in [0.25, 0.3) is 5.91 Å². The van der Waals surface area contributed by atoms with Crippen LogP contribution in [0.2, 0.25) is 0 Å². The summed E-state index contributed by atoms with van der Waals surface area (Å²) in [4.78, 5) is 23.9. The molecule has 6 nitrogen and oxygen atoms in total. The van der Waals surface area contributed by atoms with Gasteiger partial charge in [0.1, 0.15) is 0 Å². The fourth-order valence-corrected chi connectivity index (χ4v) is 2.37. The molecule has 1 heterocycles. The molecule has 122 valence electrons. The number of rotatable bonds is 6. The summed E-state index contributed by atoms with van der Waals surface area (Å²) >= 11 is 0. The largest absolute Gasteiger partial charge is 0.493 e. The van der Waals surface area contributed by atoms with Gasteiger partial charge in [0.05, 0.1) is 12.7 Å². The van der Waals surface area contributed by atoms with Gasteiger partial charge in [-0.1, -0.05) is 6.07 Å². The number of Topliss-reactive ketones (excluding diaryl/α,β-unsaturated/α-hetero) is 1. The SMILES string of the molecule is COc1cccc(C(N)=O)c1OCC(=O)c1cc(C)n(C)c1C. The van der Waals surface area contributed by atoms with Gasteiger partial charge in [-0.05, 0) is 32.0 Å². The van der Waals surface area contributed by atoms with E-state index in [-0.39, 0.29) is 23.7 Å². The first-order chi connectivity index (χ1) is 10.9. The highest BCUT2D eigenvalue weighted by molar-refractivity contribution is 5.99. The second kappa shape index (κ2) is 6.56. The van der Waals surface area contributed by atoms with Crippen molar-refractivity contribution in [2.45, 2.75) is 13.8 Å². The van der Waals surface area contributed by atoms with Crippen LogP contribution in [0, 0.1) is 13.8 Å². The lowest BCUT2D eigenvalue weighted by Crippen LogP contribution is -2.17. The second-order valence-electron chi connectivity index (χ2n) is 5.26. The standard InChI is InChI=1S/C17H20N2O4/c1-10-8-13(11(2)19(10)3)14(20)9-23-16-12(17(18)21)6-5-7-15(16)22-4/h5-8H,9H2,1-4H3,(H2,18,21). The first kappa shape index (κ1) is 16.6. The molecule has 0 saturated heterocycles. The molecule has 6 heteroatoms. The van der Waals surface area contributed by atoms with Crippen molar-refractivity contribution < 1.29 is 19.1 Å². The first-order valence-corrected chi connectivity index (χ1v) is 7.12. The predicted octanol–water partition coefficient (Wildman–Crippen LogP) is 2.01. The fraction of sp³-hybridized carbons (Fsp3) is 0.294. The van der Waals surface area contributed by atoms with Crippen molar-refractivity contribution >= 4 is 11.7 Å². The normalized spacial score (nSPS) is 10.4. The number of hydrogen-bond donors (Lipinski definition) is 1. The Hall–Kier alpha value is -2.76. The van der Waals surface area contributed by atoms with E-state index in [2.05, 4.69) is 0 Å². The van der Waals surface area contributed by atoms with Gasteiger partial charge in [0.15, 0.2) is 18.1 Å². The molecule has 0 radical (unpaired) electrons. The lowest BCUT2D eigenvalue weighted by Gasteiger charge is -2.13.